The van der Waals surface area contributed by atoms with E-state index in [1.807, 2.05) is 30.3 Å². The minimum atomic E-state index is -1.49. The summed E-state index contributed by atoms with van der Waals surface area (Å²) in [5.74, 6) is -0.00875. The Balaban J connectivity index is 1.71. The predicted octanol–water partition coefficient (Wildman–Crippen LogP) is 1.70. The van der Waals surface area contributed by atoms with Gasteiger partial charge in [0, 0.05) is 17.8 Å². The van der Waals surface area contributed by atoms with E-state index in [-0.39, 0.29) is 24.1 Å². The van der Waals surface area contributed by atoms with Gasteiger partial charge in [-0.3, -0.25) is 9.59 Å². The van der Waals surface area contributed by atoms with Crippen molar-refractivity contribution < 1.29 is 19.5 Å². The van der Waals surface area contributed by atoms with Crippen LogP contribution in [0.15, 0.2) is 42.1 Å². The minimum Gasteiger partial charge on any atom is -0.474 e. The second kappa shape index (κ2) is 6.86. The first-order chi connectivity index (χ1) is 11.5. The average Bonchev–Trinajstić information content (AvgIpc) is 2.59. The lowest BCUT2D eigenvalue weighted by molar-refractivity contribution is -0.144. The molecule has 8 heteroatoms. The van der Waals surface area contributed by atoms with Crippen molar-refractivity contribution in [3.8, 4) is 0 Å². The third-order valence-electron chi connectivity index (χ3n) is 4.06. The van der Waals surface area contributed by atoms with E-state index in [9.17, 15) is 19.5 Å². The smallest absolute Gasteiger partial charge is 0.346 e. The van der Waals surface area contributed by atoms with Gasteiger partial charge in [-0.05, 0) is 11.1 Å². The summed E-state index contributed by atoms with van der Waals surface area (Å²) in [5, 5.41) is 10.7. The SMILES string of the molecule is O=C(Cc1ccccc1)NC1C(=O)N2C=C(CCl)C[SH](C(=O)O)C12. The van der Waals surface area contributed by atoms with Gasteiger partial charge in [-0.25, -0.2) is 4.79 Å². The highest BCUT2D eigenvalue weighted by atomic mass is 35.5. The maximum absolute atomic E-state index is 12.3. The van der Waals surface area contributed by atoms with Crippen molar-refractivity contribution in [3.05, 3.63) is 47.7 Å². The quantitative estimate of drug-likeness (QED) is 0.429. The fourth-order valence-corrected chi connectivity index (χ4v) is 5.43. The number of thiol groups is 1. The number of amides is 2. The van der Waals surface area contributed by atoms with E-state index in [1.165, 1.54) is 4.90 Å². The van der Waals surface area contributed by atoms with Gasteiger partial charge in [-0.2, -0.15) is 0 Å². The van der Waals surface area contributed by atoms with E-state index in [0.29, 0.717) is 5.75 Å². The van der Waals surface area contributed by atoms with Crippen LogP contribution in [0.2, 0.25) is 0 Å². The number of carbonyl (C=O) groups excluding carboxylic acids is 2. The lowest BCUT2D eigenvalue weighted by Crippen LogP contribution is -2.70. The highest BCUT2D eigenvalue weighted by Crippen LogP contribution is 2.47. The third kappa shape index (κ3) is 3.14. The minimum absolute atomic E-state index is 0.158. The van der Waals surface area contributed by atoms with Crippen molar-refractivity contribution in [2.75, 3.05) is 11.6 Å². The molecule has 2 N–H and O–H groups in total. The molecule has 3 rings (SSSR count). The maximum atomic E-state index is 12.3. The number of nitrogens with zero attached hydrogens (tertiary/aromatic N) is 1. The van der Waals surface area contributed by atoms with Gasteiger partial charge in [0.05, 0.1) is 6.42 Å². The molecule has 2 heterocycles. The molecule has 3 unspecified atom stereocenters. The van der Waals surface area contributed by atoms with E-state index in [0.717, 1.165) is 11.1 Å². The van der Waals surface area contributed by atoms with Gasteiger partial charge in [-0.1, -0.05) is 30.3 Å². The molecule has 1 aromatic carbocycles. The normalized spacial score (nSPS) is 26.9. The topological polar surface area (TPSA) is 86.7 Å². The molecule has 1 saturated heterocycles. The lowest BCUT2D eigenvalue weighted by Gasteiger charge is -2.51. The molecule has 0 aliphatic carbocycles. The molecule has 128 valence electrons. The lowest BCUT2D eigenvalue weighted by atomic mass is 10.1. The molecule has 0 saturated carbocycles. The molecule has 24 heavy (non-hydrogen) atoms. The number of alkyl halides is 1. The van der Waals surface area contributed by atoms with Gasteiger partial charge in [0.2, 0.25) is 5.91 Å². The van der Waals surface area contributed by atoms with Crippen molar-refractivity contribution in [1.29, 1.82) is 0 Å². The van der Waals surface area contributed by atoms with Crippen LogP contribution in [0, 0.1) is 0 Å². The molecule has 0 spiro atoms. The molecule has 2 amide bonds. The number of carboxylic acid groups (broad SMARTS) is 1. The van der Waals surface area contributed by atoms with Crippen LogP contribution in [0.25, 0.3) is 0 Å². The predicted molar refractivity (Wildman–Crippen MR) is 93.4 cm³/mol. The number of fused-ring (bicyclic) bond motifs is 1. The Labute approximate surface area is 146 Å². The van der Waals surface area contributed by atoms with E-state index in [4.69, 9.17) is 11.6 Å². The second-order valence-electron chi connectivity index (χ2n) is 5.70. The Hall–Kier alpha value is -1.99. The van der Waals surface area contributed by atoms with Crippen molar-refractivity contribution in [1.82, 2.24) is 10.2 Å². The zero-order valence-corrected chi connectivity index (χ0v) is 14.3. The molecular formula is C16H17ClN2O4S. The molecule has 1 aromatic rings. The summed E-state index contributed by atoms with van der Waals surface area (Å²) in [6.45, 7) is 0. The monoisotopic (exact) mass is 368 g/mol. The number of benzene rings is 1. The van der Waals surface area contributed by atoms with Gasteiger partial charge in [0.15, 0.2) is 0 Å². The summed E-state index contributed by atoms with van der Waals surface area (Å²) in [6, 6.07) is 8.42. The summed E-state index contributed by atoms with van der Waals surface area (Å²) in [5.41, 5.74) is 1.58. The van der Waals surface area contributed by atoms with Gasteiger partial charge >= 0.3 is 5.30 Å². The van der Waals surface area contributed by atoms with Crippen LogP contribution in [-0.4, -0.2) is 50.2 Å². The number of hydrogen-bond acceptors (Lipinski definition) is 3. The summed E-state index contributed by atoms with van der Waals surface area (Å²) >= 11 is 5.79. The van der Waals surface area contributed by atoms with Crippen LogP contribution in [0.3, 0.4) is 0 Å². The van der Waals surface area contributed by atoms with E-state index < -0.39 is 27.6 Å². The highest BCUT2D eigenvalue weighted by molar-refractivity contribution is 8.30. The zero-order valence-electron chi connectivity index (χ0n) is 12.7. The first-order valence-electron chi connectivity index (χ1n) is 7.42. The molecule has 0 radical (unpaired) electrons. The summed E-state index contributed by atoms with van der Waals surface area (Å²) < 4.78 is 0. The van der Waals surface area contributed by atoms with Crippen molar-refractivity contribution in [2.24, 2.45) is 0 Å². The van der Waals surface area contributed by atoms with E-state index in [2.05, 4.69) is 5.32 Å². The van der Waals surface area contributed by atoms with Gasteiger partial charge in [0.25, 0.3) is 5.91 Å². The fraction of sp³-hybridized carbons (Fsp3) is 0.312. The number of nitrogens with one attached hydrogen (secondary N) is 1. The fourth-order valence-electron chi connectivity index (χ4n) is 2.92. The third-order valence-corrected chi connectivity index (χ3v) is 6.83. The number of halogens is 1. The van der Waals surface area contributed by atoms with Crippen molar-refractivity contribution in [3.63, 3.8) is 0 Å². The molecular weight excluding hydrogens is 352 g/mol. The van der Waals surface area contributed by atoms with Crippen LogP contribution in [0.4, 0.5) is 4.79 Å². The Morgan fingerprint density at radius 3 is 2.67 bits per heavy atom. The van der Waals surface area contributed by atoms with Crippen LogP contribution in [-0.2, 0) is 16.0 Å². The average molecular weight is 369 g/mol. The maximum Gasteiger partial charge on any atom is 0.346 e. The van der Waals surface area contributed by atoms with E-state index >= 15 is 0 Å². The standard InChI is InChI=1S/C16H17ClN2O4S/c17-7-11-8-19-14(21)13(15(19)24(9-11)16(22)23)18-12(20)6-10-4-2-1-3-5-10/h1-5,8,13,15,24H,6-7,9H2,(H,18,20)(H,22,23). The Kier molecular flexibility index (Phi) is 4.82. The van der Waals surface area contributed by atoms with Gasteiger partial charge in [-0.15, -0.1) is 22.5 Å². The summed E-state index contributed by atoms with van der Waals surface area (Å²) in [7, 11) is -1.49. The Morgan fingerprint density at radius 2 is 2.04 bits per heavy atom. The molecule has 3 atom stereocenters. The van der Waals surface area contributed by atoms with Crippen LogP contribution in [0.5, 0.6) is 0 Å². The first kappa shape index (κ1) is 16.9. The molecule has 0 aromatic heterocycles. The zero-order chi connectivity index (χ0) is 17.3. The molecule has 1 fully saturated rings. The number of rotatable bonds is 4. The number of carbonyl (C=O) groups is 3. The van der Waals surface area contributed by atoms with E-state index in [1.54, 1.807) is 6.20 Å². The van der Waals surface area contributed by atoms with Crippen LogP contribution >= 0.6 is 22.5 Å². The Morgan fingerprint density at radius 1 is 1.33 bits per heavy atom. The molecule has 2 aliphatic heterocycles. The second-order valence-corrected chi connectivity index (χ2v) is 8.13. The molecule has 6 nitrogen and oxygen atoms in total. The Bertz CT molecular complexity index is 709. The number of β-lactam (4-membered cyclic amide) rings is 1. The van der Waals surface area contributed by atoms with Gasteiger partial charge in [0.1, 0.15) is 11.4 Å². The van der Waals surface area contributed by atoms with Crippen LogP contribution in [0.1, 0.15) is 5.56 Å². The largest absolute Gasteiger partial charge is 0.474 e. The van der Waals surface area contributed by atoms with Crippen LogP contribution < -0.4 is 5.32 Å². The van der Waals surface area contributed by atoms with Crippen molar-refractivity contribution in [2.45, 2.75) is 17.8 Å². The highest BCUT2D eigenvalue weighted by Gasteiger charge is 2.53. The summed E-state index contributed by atoms with van der Waals surface area (Å²) in [6.07, 6.45) is 1.78. The molecule has 2 aliphatic rings. The van der Waals surface area contributed by atoms with Gasteiger partial charge < -0.3 is 15.3 Å². The van der Waals surface area contributed by atoms with Crippen molar-refractivity contribution >= 4 is 39.6 Å². The summed E-state index contributed by atoms with van der Waals surface area (Å²) in [4.78, 5) is 37.4. The first-order valence-corrected chi connectivity index (χ1v) is 9.55. The number of hydrogen-bond donors (Lipinski definition) is 3. The molecule has 0 bridgehead atoms.